The van der Waals surface area contributed by atoms with Gasteiger partial charge in [0.1, 0.15) is 0 Å². The highest BCUT2D eigenvalue weighted by molar-refractivity contribution is 7.23. The van der Waals surface area contributed by atoms with Gasteiger partial charge in [-0.2, -0.15) is 0 Å². The molecule has 1 atom stereocenters. The van der Waals surface area contributed by atoms with Crippen molar-refractivity contribution in [2.75, 3.05) is 0 Å². The van der Waals surface area contributed by atoms with Gasteiger partial charge in [0, 0.05) is 41.5 Å². The molecule has 1 amide bonds. The molecule has 0 radical (unpaired) electrons. The van der Waals surface area contributed by atoms with Crippen molar-refractivity contribution >= 4 is 38.9 Å². The Morgan fingerprint density at radius 1 is 1.41 bits per heavy atom. The Morgan fingerprint density at radius 3 is 3.05 bits per heavy atom. The molecule has 1 fully saturated rings. The lowest BCUT2D eigenvalue weighted by atomic mass is 10.2. The Labute approximate surface area is 136 Å². The monoisotopic (exact) mass is 331 g/mol. The van der Waals surface area contributed by atoms with Crippen LogP contribution in [0.15, 0.2) is 36.7 Å². The topological polar surface area (TPSA) is 46.9 Å². The molecule has 4 rings (SSSR count). The number of rotatable bonds is 3. The zero-order chi connectivity index (χ0) is 15.1. The maximum Gasteiger partial charge on any atom is 0.220 e. The van der Waals surface area contributed by atoms with Crippen molar-refractivity contribution in [3.63, 3.8) is 0 Å². The van der Waals surface area contributed by atoms with E-state index in [1.54, 1.807) is 17.5 Å². The van der Waals surface area contributed by atoms with E-state index in [9.17, 15) is 4.79 Å². The second-order valence-corrected chi connectivity index (χ2v) is 6.88. The molecule has 1 aliphatic rings. The molecule has 3 heterocycles. The van der Waals surface area contributed by atoms with E-state index < -0.39 is 0 Å². The molecule has 1 unspecified atom stereocenters. The lowest BCUT2D eigenvalue weighted by Crippen LogP contribution is -2.29. The van der Waals surface area contributed by atoms with Gasteiger partial charge in [-0.3, -0.25) is 4.79 Å². The van der Waals surface area contributed by atoms with Gasteiger partial charge in [-0.25, -0.2) is 4.98 Å². The van der Waals surface area contributed by atoms with Gasteiger partial charge in [-0.1, -0.05) is 29.8 Å². The highest BCUT2D eigenvalue weighted by atomic mass is 35.5. The first kappa shape index (κ1) is 13.8. The summed E-state index contributed by atoms with van der Waals surface area (Å²) in [5.74, 6) is 0.999. The SMILES string of the molecule is O=C1CCC(Cn2ccnc2-c2sc3ccccc3c2Cl)N1. The minimum absolute atomic E-state index is 0.131. The summed E-state index contributed by atoms with van der Waals surface area (Å²) < 4.78 is 3.23. The third-order valence-corrected chi connectivity index (χ3v) is 5.63. The van der Waals surface area contributed by atoms with E-state index in [1.165, 1.54) is 0 Å². The molecular formula is C16H14ClN3OS. The van der Waals surface area contributed by atoms with E-state index >= 15 is 0 Å². The van der Waals surface area contributed by atoms with Crippen LogP contribution in [0.1, 0.15) is 12.8 Å². The zero-order valence-corrected chi connectivity index (χ0v) is 13.3. The van der Waals surface area contributed by atoms with Crippen molar-refractivity contribution in [2.45, 2.75) is 25.4 Å². The third-order valence-electron chi connectivity index (χ3n) is 3.96. The maximum absolute atomic E-state index is 11.4. The smallest absolute Gasteiger partial charge is 0.220 e. The van der Waals surface area contributed by atoms with E-state index in [-0.39, 0.29) is 11.9 Å². The minimum Gasteiger partial charge on any atom is -0.352 e. The number of benzene rings is 1. The van der Waals surface area contributed by atoms with Crippen molar-refractivity contribution < 1.29 is 4.79 Å². The maximum atomic E-state index is 11.4. The van der Waals surface area contributed by atoms with Crippen LogP contribution in [0.25, 0.3) is 20.8 Å². The largest absolute Gasteiger partial charge is 0.352 e. The molecule has 112 valence electrons. The van der Waals surface area contributed by atoms with Crippen LogP contribution < -0.4 is 5.32 Å². The summed E-state index contributed by atoms with van der Waals surface area (Å²) in [6.07, 6.45) is 5.21. The fraction of sp³-hybridized carbons (Fsp3) is 0.250. The van der Waals surface area contributed by atoms with Crippen molar-refractivity contribution in [1.82, 2.24) is 14.9 Å². The van der Waals surface area contributed by atoms with E-state index in [4.69, 9.17) is 11.6 Å². The van der Waals surface area contributed by atoms with Crippen LogP contribution in [-0.2, 0) is 11.3 Å². The van der Waals surface area contributed by atoms with Crippen LogP contribution in [0.4, 0.5) is 0 Å². The molecule has 0 aliphatic carbocycles. The van der Waals surface area contributed by atoms with Crippen LogP contribution in [0.3, 0.4) is 0 Å². The first-order valence-electron chi connectivity index (χ1n) is 7.20. The molecule has 22 heavy (non-hydrogen) atoms. The molecule has 1 aromatic carbocycles. The van der Waals surface area contributed by atoms with Crippen LogP contribution in [0, 0.1) is 0 Å². The second kappa shape index (κ2) is 5.41. The Morgan fingerprint density at radius 2 is 2.27 bits per heavy atom. The fourth-order valence-corrected chi connectivity index (χ4v) is 4.40. The van der Waals surface area contributed by atoms with Gasteiger partial charge < -0.3 is 9.88 Å². The lowest BCUT2D eigenvalue weighted by Gasteiger charge is -2.13. The summed E-state index contributed by atoms with van der Waals surface area (Å²) in [4.78, 5) is 16.8. The van der Waals surface area contributed by atoms with Gasteiger partial charge in [-0.15, -0.1) is 11.3 Å². The number of hydrogen-bond acceptors (Lipinski definition) is 3. The van der Waals surface area contributed by atoms with Crippen molar-refractivity contribution in [2.24, 2.45) is 0 Å². The van der Waals surface area contributed by atoms with Gasteiger partial charge in [0.2, 0.25) is 5.91 Å². The predicted octanol–water partition coefficient (Wildman–Crippen LogP) is 3.70. The van der Waals surface area contributed by atoms with Gasteiger partial charge >= 0.3 is 0 Å². The normalized spacial score (nSPS) is 18.0. The summed E-state index contributed by atoms with van der Waals surface area (Å²) in [6, 6.07) is 8.28. The molecule has 2 aromatic heterocycles. The van der Waals surface area contributed by atoms with E-state index in [0.29, 0.717) is 6.42 Å². The summed E-state index contributed by atoms with van der Waals surface area (Å²) in [7, 11) is 0. The first-order chi connectivity index (χ1) is 10.7. The molecule has 1 N–H and O–H groups in total. The number of nitrogens with zero attached hydrogens (tertiary/aromatic N) is 2. The van der Waals surface area contributed by atoms with Gasteiger partial charge in [0.05, 0.1) is 9.90 Å². The van der Waals surface area contributed by atoms with E-state index in [0.717, 1.165) is 38.8 Å². The number of imidazole rings is 1. The number of fused-ring (bicyclic) bond motifs is 1. The molecule has 3 aromatic rings. The van der Waals surface area contributed by atoms with Gasteiger partial charge in [-0.05, 0) is 12.5 Å². The molecular weight excluding hydrogens is 318 g/mol. The Balaban J connectivity index is 1.72. The van der Waals surface area contributed by atoms with Gasteiger partial charge in [0.15, 0.2) is 5.82 Å². The molecule has 1 saturated heterocycles. The van der Waals surface area contributed by atoms with Crippen molar-refractivity contribution in [3.8, 4) is 10.7 Å². The molecule has 1 aliphatic heterocycles. The number of halogens is 1. The minimum atomic E-state index is 0.131. The number of carbonyl (C=O) groups is 1. The molecule has 0 saturated carbocycles. The number of amides is 1. The lowest BCUT2D eigenvalue weighted by molar-refractivity contribution is -0.119. The summed E-state index contributed by atoms with van der Waals surface area (Å²) in [5.41, 5.74) is 0. The molecule has 4 nitrogen and oxygen atoms in total. The van der Waals surface area contributed by atoms with Crippen molar-refractivity contribution in [3.05, 3.63) is 41.7 Å². The summed E-state index contributed by atoms with van der Waals surface area (Å²) in [5, 5.41) is 4.81. The Kier molecular flexibility index (Phi) is 3.39. The number of thiophene rings is 1. The van der Waals surface area contributed by atoms with Gasteiger partial charge in [0.25, 0.3) is 0 Å². The number of carbonyl (C=O) groups excluding carboxylic acids is 1. The molecule has 6 heteroatoms. The molecule has 0 spiro atoms. The number of nitrogens with one attached hydrogen (secondary N) is 1. The van der Waals surface area contributed by atoms with Crippen molar-refractivity contribution in [1.29, 1.82) is 0 Å². The molecule has 0 bridgehead atoms. The summed E-state index contributed by atoms with van der Waals surface area (Å²) >= 11 is 8.20. The predicted molar refractivity (Wildman–Crippen MR) is 89.2 cm³/mol. The summed E-state index contributed by atoms with van der Waals surface area (Å²) in [6.45, 7) is 0.728. The van der Waals surface area contributed by atoms with E-state index in [2.05, 4.69) is 20.9 Å². The van der Waals surface area contributed by atoms with E-state index in [1.807, 2.05) is 24.4 Å². The zero-order valence-electron chi connectivity index (χ0n) is 11.8. The third kappa shape index (κ3) is 2.30. The first-order valence-corrected chi connectivity index (χ1v) is 8.40. The highest BCUT2D eigenvalue weighted by Gasteiger charge is 2.23. The quantitative estimate of drug-likeness (QED) is 0.795. The Bertz CT molecular complexity index is 854. The number of aromatic nitrogens is 2. The highest BCUT2D eigenvalue weighted by Crippen LogP contribution is 2.41. The van der Waals surface area contributed by atoms with Crippen LogP contribution in [0.2, 0.25) is 5.02 Å². The van der Waals surface area contributed by atoms with Crippen LogP contribution in [0.5, 0.6) is 0 Å². The fourth-order valence-electron chi connectivity index (χ4n) is 2.88. The standard InChI is InChI=1S/C16H14ClN3OS/c17-14-11-3-1-2-4-12(11)22-15(14)16-18-7-8-20(16)9-10-5-6-13(21)19-10/h1-4,7-8,10H,5-6,9H2,(H,19,21). The average Bonchev–Trinajstić information content (AvgIpc) is 3.21. The van der Waals surface area contributed by atoms with Crippen LogP contribution in [-0.4, -0.2) is 21.5 Å². The second-order valence-electron chi connectivity index (χ2n) is 5.45. The Hall–Kier alpha value is -1.85. The van der Waals surface area contributed by atoms with Crippen LogP contribution >= 0.6 is 22.9 Å². The average molecular weight is 332 g/mol. The number of hydrogen-bond donors (Lipinski definition) is 1.